The van der Waals surface area contributed by atoms with Gasteiger partial charge in [0, 0.05) is 37.6 Å². The zero-order valence-corrected chi connectivity index (χ0v) is 24.0. The normalized spacial score (nSPS) is 11.3. The first-order valence-corrected chi connectivity index (χ1v) is 15.1. The Balaban J connectivity index is 1.99. The first kappa shape index (κ1) is 30.0. The summed E-state index contributed by atoms with van der Waals surface area (Å²) in [5, 5.41) is 0. The van der Waals surface area contributed by atoms with E-state index < -0.39 is 0 Å². The maximum absolute atomic E-state index is 2.59. The number of benzene rings is 2. The minimum Gasteiger partial charge on any atom is -0.372 e. The van der Waals surface area contributed by atoms with Gasteiger partial charge in [-0.05, 0) is 61.1 Å². The molecule has 0 radical (unpaired) electrons. The van der Waals surface area contributed by atoms with Gasteiger partial charge in [0.2, 0.25) is 0 Å². The van der Waals surface area contributed by atoms with Crippen molar-refractivity contribution >= 4 is 23.5 Å². The molecule has 2 aromatic carbocycles. The van der Waals surface area contributed by atoms with Crippen LogP contribution < -0.4 is 9.80 Å². The van der Waals surface area contributed by atoms with E-state index in [1.54, 1.807) is 0 Å². The molecule has 0 saturated heterocycles. The molecule has 0 aliphatic rings. The Kier molecular flexibility index (Phi) is 15.8. The van der Waals surface area contributed by atoms with E-state index in [-0.39, 0.29) is 0 Å². The monoisotopic (exact) mass is 490 g/mol. The summed E-state index contributed by atoms with van der Waals surface area (Å²) in [6.45, 7) is 13.8. The number of nitrogens with zero attached hydrogens (tertiary/aromatic N) is 2. The lowest BCUT2D eigenvalue weighted by atomic mass is 10.1. The van der Waals surface area contributed by atoms with Crippen LogP contribution in [0.3, 0.4) is 0 Å². The van der Waals surface area contributed by atoms with Crippen molar-refractivity contribution in [3.05, 3.63) is 59.7 Å². The molecule has 2 heteroatoms. The largest absolute Gasteiger partial charge is 0.372 e. The minimum atomic E-state index is 1.17. The fourth-order valence-corrected chi connectivity index (χ4v) is 4.74. The van der Waals surface area contributed by atoms with E-state index in [4.69, 9.17) is 0 Å². The van der Waals surface area contributed by atoms with Crippen LogP contribution in [0.15, 0.2) is 48.5 Å². The Morgan fingerprint density at radius 1 is 0.417 bits per heavy atom. The van der Waals surface area contributed by atoms with Crippen molar-refractivity contribution in [2.24, 2.45) is 0 Å². The van der Waals surface area contributed by atoms with Gasteiger partial charge in [-0.15, -0.1) is 0 Å². The quantitative estimate of drug-likeness (QED) is 0.134. The summed E-state index contributed by atoms with van der Waals surface area (Å²) in [7, 11) is 0. The van der Waals surface area contributed by atoms with Gasteiger partial charge in [0.05, 0.1) is 0 Å². The summed E-state index contributed by atoms with van der Waals surface area (Å²) in [4.78, 5) is 5.18. The van der Waals surface area contributed by atoms with Crippen LogP contribution in [0.1, 0.15) is 116 Å². The van der Waals surface area contributed by atoms with Gasteiger partial charge in [-0.3, -0.25) is 0 Å². The molecule has 0 aromatic heterocycles. The fraction of sp³-hybridized carbons (Fsp3) is 0.588. The third-order valence-electron chi connectivity index (χ3n) is 7.11. The summed E-state index contributed by atoms with van der Waals surface area (Å²) in [5.41, 5.74) is 5.28. The van der Waals surface area contributed by atoms with Gasteiger partial charge < -0.3 is 9.80 Å². The molecule has 0 fully saturated rings. The molecule has 0 bridgehead atoms. The van der Waals surface area contributed by atoms with E-state index in [0.29, 0.717) is 0 Å². The SMILES string of the molecule is CCCCCN(CCCCC)c1ccc(/C=C/c2ccc(N(CCCCC)CCCCC)cc2)cc1. The molecule has 0 unspecified atom stereocenters. The van der Waals surface area contributed by atoms with Gasteiger partial charge in [-0.1, -0.05) is 115 Å². The highest BCUT2D eigenvalue weighted by Crippen LogP contribution is 2.21. The molecule has 0 atom stereocenters. The molecule has 0 amide bonds. The number of anilines is 2. The Labute approximate surface area is 223 Å². The molecular weight excluding hydrogens is 436 g/mol. The fourth-order valence-electron chi connectivity index (χ4n) is 4.74. The zero-order chi connectivity index (χ0) is 25.8. The highest BCUT2D eigenvalue weighted by Gasteiger charge is 2.07. The lowest BCUT2D eigenvalue weighted by molar-refractivity contribution is 0.636. The molecule has 0 spiro atoms. The van der Waals surface area contributed by atoms with Crippen molar-refractivity contribution in [2.45, 2.75) is 105 Å². The van der Waals surface area contributed by atoms with Gasteiger partial charge in [-0.2, -0.15) is 0 Å². The molecule has 36 heavy (non-hydrogen) atoms. The van der Waals surface area contributed by atoms with E-state index in [1.807, 2.05) is 0 Å². The van der Waals surface area contributed by atoms with Gasteiger partial charge in [0.1, 0.15) is 0 Å². The summed E-state index contributed by atoms with van der Waals surface area (Å²) < 4.78 is 0. The molecular formula is C34H54N2. The van der Waals surface area contributed by atoms with Crippen LogP contribution in [-0.2, 0) is 0 Å². The van der Waals surface area contributed by atoms with Crippen molar-refractivity contribution in [1.82, 2.24) is 0 Å². The Morgan fingerprint density at radius 3 is 0.944 bits per heavy atom. The number of rotatable bonds is 20. The van der Waals surface area contributed by atoms with Crippen LogP contribution in [0.25, 0.3) is 12.2 Å². The molecule has 0 saturated carbocycles. The van der Waals surface area contributed by atoms with Crippen LogP contribution in [0.4, 0.5) is 11.4 Å². The molecule has 0 heterocycles. The molecule has 2 rings (SSSR count). The second kappa shape index (κ2) is 19.0. The molecule has 2 nitrogen and oxygen atoms in total. The maximum Gasteiger partial charge on any atom is 0.0366 e. The second-order valence-corrected chi connectivity index (χ2v) is 10.3. The Bertz CT molecular complexity index is 717. The molecule has 2 aromatic rings. The van der Waals surface area contributed by atoms with Crippen LogP contribution in [0.5, 0.6) is 0 Å². The van der Waals surface area contributed by atoms with Crippen molar-refractivity contribution < 1.29 is 0 Å². The highest BCUT2D eigenvalue weighted by atomic mass is 15.1. The summed E-state index contributed by atoms with van der Waals surface area (Å²) in [5.74, 6) is 0. The summed E-state index contributed by atoms with van der Waals surface area (Å²) >= 11 is 0. The highest BCUT2D eigenvalue weighted by molar-refractivity contribution is 5.71. The van der Waals surface area contributed by atoms with Crippen molar-refractivity contribution in [3.8, 4) is 0 Å². The van der Waals surface area contributed by atoms with Crippen molar-refractivity contribution in [3.63, 3.8) is 0 Å². The minimum absolute atomic E-state index is 1.17. The standard InChI is InChI=1S/C34H54N2/c1-5-9-13-27-35(28-14-10-6-2)33-23-19-31(20-24-33)17-18-32-21-25-34(26-22-32)36(29-15-11-7-3)30-16-12-8-4/h17-26H,5-16,27-30H2,1-4H3/b18-17+. The van der Waals surface area contributed by atoms with Gasteiger partial charge in [-0.25, -0.2) is 0 Å². The first-order chi connectivity index (χ1) is 17.7. The molecule has 0 aliphatic heterocycles. The Morgan fingerprint density at radius 2 is 0.694 bits per heavy atom. The summed E-state index contributed by atoms with van der Waals surface area (Å²) in [6, 6.07) is 18.3. The third kappa shape index (κ3) is 11.7. The predicted octanol–water partition coefficient (Wildman–Crippen LogP) is 10.2. The zero-order valence-electron chi connectivity index (χ0n) is 24.0. The van der Waals surface area contributed by atoms with E-state index in [9.17, 15) is 0 Å². The average Bonchev–Trinajstić information content (AvgIpc) is 2.91. The number of hydrogen-bond acceptors (Lipinski definition) is 2. The van der Waals surface area contributed by atoms with Crippen LogP contribution in [0, 0.1) is 0 Å². The molecule has 200 valence electrons. The number of unbranched alkanes of at least 4 members (excludes halogenated alkanes) is 8. The lowest BCUT2D eigenvalue weighted by Crippen LogP contribution is -2.25. The average molecular weight is 491 g/mol. The lowest BCUT2D eigenvalue weighted by Gasteiger charge is -2.25. The number of hydrogen-bond donors (Lipinski definition) is 0. The van der Waals surface area contributed by atoms with Gasteiger partial charge in [0.25, 0.3) is 0 Å². The molecule has 0 aliphatic carbocycles. The van der Waals surface area contributed by atoms with E-state index in [1.165, 1.54) is 126 Å². The van der Waals surface area contributed by atoms with Gasteiger partial charge in [0.15, 0.2) is 0 Å². The maximum atomic E-state index is 2.59. The summed E-state index contributed by atoms with van der Waals surface area (Å²) in [6.07, 6.45) is 20.0. The second-order valence-electron chi connectivity index (χ2n) is 10.3. The van der Waals surface area contributed by atoms with Crippen LogP contribution >= 0.6 is 0 Å². The van der Waals surface area contributed by atoms with E-state index in [2.05, 4.69) is 98.2 Å². The first-order valence-electron chi connectivity index (χ1n) is 15.1. The Hall–Kier alpha value is -2.22. The van der Waals surface area contributed by atoms with Crippen molar-refractivity contribution in [2.75, 3.05) is 36.0 Å². The topological polar surface area (TPSA) is 6.48 Å². The van der Waals surface area contributed by atoms with Crippen LogP contribution in [-0.4, -0.2) is 26.2 Å². The smallest absolute Gasteiger partial charge is 0.0366 e. The third-order valence-corrected chi connectivity index (χ3v) is 7.11. The van der Waals surface area contributed by atoms with Crippen molar-refractivity contribution in [1.29, 1.82) is 0 Å². The van der Waals surface area contributed by atoms with E-state index in [0.717, 1.165) is 0 Å². The predicted molar refractivity (Wildman–Crippen MR) is 164 cm³/mol. The molecule has 0 N–H and O–H groups in total. The van der Waals surface area contributed by atoms with Crippen LogP contribution in [0.2, 0.25) is 0 Å². The van der Waals surface area contributed by atoms with Gasteiger partial charge >= 0.3 is 0 Å². The van der Waals surface area contributed by atoms with E-state index >= 15 is 0 Å².